The highest BCUT2D eigenvalue weighted by atomic mass is 16.4. The summed E-state index contributed by atoms with van der Waals surface area (Å²) in [7, 11) is 0. The van der Waals surface area contributed by atoms with Crippen LogP contribution in [0.5, 0.6) is 5.75 Å². The van der Waals surface area contributed by atoms with Crippen LogP contribution in [0.1, 0.15) is 52.0 Å². The van der Waals surface area contributed by atoms with Crippen molar-refractivity contribution in [3.8, 4) is 5.75 Å². The second-order valence-electron chi connectivity index (χ2n) is 9.25. The summed E-state index contributed by atoms with van der Waals surface area (Å²) in [6.07, 6.45) is 0.489. The molecule has 10 N–H and O–H groups in total. The van der Waals surface area contributed by atoms with Crippen molar-refractivity contribution >= 4 is 23.7 Å². The average molecular weight is 524 g/mol. The van der Waals surface area contributed by atoms with Gasteiger partial charge in [-0.25, -0.2) is 4.79 Å². The van der Waals surface area contributed by atoms with Gasteiger partial charge in [-0.3, -0.25) is 14.4 Å². The molecule has 6 atom stereocenters. The van der Waals surface area contributed by atoms with Crippen molar-refractivity contribution < 1.29 is 34.5 Å². The molecule has 0 saturated carbocycles. The Labute approximate surface area is 217 Å². The molecule has 0 aliphatic carbocycles. The molecule has 208 valence electrons. The summed E-state index contributed by atoms with van der Waals surface area (Å²) >= 11 is 0. The largest absolute Gasteiger partial charge is 0.508 e. The maximum atomic E-state index is 13.1. The topological polar surface area (TPSA) is 217 Å². The van der Waals surface area contributed by atoms with E-state index in [1.54, 1.807) is 6.92 Å². The van der Waals surface area contributed by atoms with Crippen molar-refractivity contribution in [1.82, 2.24) is 16.0 Å². The van der Waals surface area contributed by atoms with Gasteiger partial charge in [0.05, 0.1) is 12.1 Å². The number of carbonyl (C=O) groups is 4. The van der Waals surface area contributed by atoms with Crippen LogP contribution in [0.15, 0.2) is 24.3 Å². The SMILES string of the molecule is CCC(C)C(N)C(=O)NC(C(=O)NC(CCCCN)C(=O)NC(Cc1ccc(O)cc1)C(=O)O)C(C)O. The van der Waals surface area contributed by atoms with Gasteiger partial charge >= 0.3 is 5.97 Å². The molecule has 0 saturated heterocycles. The van der Waals surface area contributed by atoms with Gasteiger partial charge in [0, 0.05) is 6.42 Å². The molecule has 1 rings (SSSR count). The fourth-order valence-corrected chi connectivity index (χ4v) is 3.53. The molecule has 0 radical (unpaired) electrons. The molecule has 0 aromatic heterocycles. The second-order valence-corrected chi connectivity index (χ2v) is 9.25. The summed E-state index contributed by atoms with van der Waals surface area (Å²) in [5.74, 6) is -3.57. The third-order valence-electron chi connectivity index (χ3n) is 6.19. The van der Waals surface area contributed by atoms with Crippen LogP contribution in [0.4, 0.5) is 0 Å². The molecule has 0 spiro atoms. The standard InChI is InChI=1S/C25H41N5O7/c1-4-14(2)20(27)23(34)30-21(15(3)31)24(35)28-18(7-5-6-12-26)22(33)29-19(25(36)37)13-16-8-10-17(32)11-9-16/h8-11,14-15,18-21,31-32H,4-7,12-13,26-27H2,1-3H3,(H,28,35)(H,29,33)(H,30,34)(H,36,37). The summed E-state index contributed by atoms with van der Waals surface area (Å²) in [6, 6.07) is 1.19. The fraction of sp³-hybridized carbons (Fsp3) is 0.600. The number of hydrogen-bond donors (Lipinski definition) is 8. The smallest absolute Gasteiger partial charge is 0.326 e. The van der Waals surface area contributed by atoms with Crippen LogP contribution in [0.25, 0.3) is 0 Å². The van der Waals surface area contributed by atoms with E-state index in [-0.39, 0.29) is 24.5 Å². The summed E-state index contributed by atoms with van der Waals surface area (Å²) in [5, 5.41) is 36.6. The number of aliphatic hydroxyl groups is 1. The first-order chi connectivity index (χ1) is 17.4. The van der Waals surface area contributed by atoms with Crippen molar-refractivity contribution in [3.63, 3.8) is 0 Å². The molecular formula is C25H41N5O7. The van der Waals surface area contributed by atoms with Crippen molar-refractivity contribution in [3.05, 3.63) is 29.8 Å². The van der Waals surface area contributed by atoms with Crippen LogP contribution < -0.4 is 27.4 Å². The monoisotopic (exact) mass is 523 g/mol. The Morgan fingerprint density at radius 1 is 0.919 bits per heavy atom. The highest BCUT2D eigenvalue weighted by molar-refractivity contribution is 5.94. The van der Waals surface area contributed by atoms with E-state index in [1.807, 2.05) is 6.92 Å². The molecule has 12 nitrogen and oxygen atoms in total. The van der Waals surface area contributed by atoms with Crippen LogP contribution in [-0.2, 0) is 25.6 Å². The maximum Gasteiger partial charge on any atom is 0.326 e. The molecule has 1 aromatic rings. The lowest BCUT2D eigenvalue weighted by Crippen LogP contribution is -2.60. The van der Waals surface area contributed by atoms with E-state index in [1.165, 1.54) is 31.2 Å². The summed E-state index contributed by atoms with van der Waals surface area (Å²) in [4.78, 5) is 50.4. The van der Waals surface area contributed by atoms with Gasteiger partial charge in [-0.2, -0.15) is 0 Å². The minimum absolute atomic E-state index is 0.0206. The Hall–Kier alpha value is -3.22. The maximum absolute atomic E-state index is 13.1. The van der Waals surface area contributed by atoms with Gasteiger partial charge in [0.15, 0.2) is 0 Å². The number of aliphatic carboxylic acids is 1. The lowest BCUT2D eigenvalue weighted by atomic mass is 9.98. The molecule has 37 heavy (non-hydrogen) atoms. The number of benzene rings is 1. The Kier molecular flexibility index (Phi) is 13.6. The first kappa shape index (κ1) is 31.8. The highest BCUT2D eigenvalue weighted by Crippen LogP contribution is 2.12. The summed E-state index contributed by atoms with van der Waals surface area (Å²) in [6.45, 7) is 5.34. The van der Waals surface area contributed by atoms with Crippen molar-refractivity contribution in [2.75, 3.05) is 6.54 Å². The van der Waals surface area contributed by atoms with E-state index in [0.29, 0.717) is 31.4 Å². The number of carbonyl (C=O) groups excluding carboxylic acids is 3. The molecule has 1 aromatic carbocycles. The lowest BCUT2D eigenvalue weighted by molar-refractivity contribution is -0.142. The Morgan fingerprint density at radius 3 is 2.03 bits per heavy atom. The predicted molar refractivity (Wildman–Crippen MR) is 137 cm³/mol. The first-order valence-corrected chi connectivity index (χ1v) is 12.5. The highest BCUT2D eigenvalue weighted by Gasteiger charge is 2.33. The number of phenols is 1. The predicted octanol–water partition coefficient (Wildman–Crippen LogP) is -0.643. The molecule has 0 bridgehead atoms. The number of hydrogen-bond acceptors (Lipinski definition) is 8. The van der Waals surface area contributed by atoms with Gasteiger partial charge in [0.1, 0.15) is 23.9 Å². The number of phenolic OH excluding ortho intramolecular Hbond substituents is 1. The van der Waals surface area contributed by atoms with Crippen LogP contribution in [0.3, 0.4) is 0 Å². The number of nitrogens with one attached hydrogen (secondary N) is 3. The number of aromatic hydroxyl groups is 1. The minimum Gasteiger partial charge on any atom is -0.508 e. The normalized spacial score (nSPS) is 15.9. The third-order valence-corrected chi connectivity index (χ3v) is 6.19. The fourth-order valence-electron chi connectivity index (χ4n) is 3.53. The number of aliphatic hydroxyl groups excluding tert-OH is 1. The van der Waals surface area contributed by atoms with Gasteiger partial charge in [-0.05, 0) is 56.3 Å². The number of carboxylic acid groups (broad SMARTS) is 1. The molecule has 3 amide bonds. The van der Waals surface area contributed by atoms with Crippen LogP contribution in [0, 0.1) is 5.92 Å². The Morgan fingerprint density at radius 2 is 1.51 bits per heavy atom. The van der Waals surface area contributed by atoms with E-state index in [0.717, 1.165) is 0 Å². The van der Waals surface area contributed by atoms with Gasteiger partial charge in [0.25, 0.3) is 0 Å². The minimum atomic E-state index is -1.38. The van der Waals surface area contributed by atoms with Crippen LogP contribution >= 0.6 is 0 Å². The van der Waals surface area contributed by atoms with Crippen molar-refractivity contribution in [2.24, 2.45) is 17.4 Å². The number of rotatable bonds is 16. The molecule has 0 aliphatic heterocycles. The van der Waals surface area contributed by atoms with E-state index in [9.17, 15) is 34.5 Å². The molecule has 12 heteroatoms. The molecule has 0 aliphatic rings. The van der Waals surface area contributed by atoms with E-state index >= 15 is 0 Å². The van der Waals surface area contributed by atoms with Crippen LogP contribution in [0.2, 0.25) is 0 Å². The average Bonchev–Trinajstić information content (AvgIpc) is 2.85. The summed E-state index contributed by atoms with van der Waals surface area (Å²) < 4.78 is 0. The van der Waals surface area contributed by atoms with Gasteiger partial charge < -0.3 is 42.7 Å². The van der Waals surface area contributed by atoms with Crippen molar-refractivity contribution in [2.45, 2.75) is 83.1 Å². The number of amides is 3. The molecular weight excluding hydrogens is 482 g/mol. The zero-order valence-electron chi connectivity index (χ0n) is 21.6. The third kappa shape index (κ3) is 10.7. The van der Waals surface area contributed by atoms with Gasteiger partial charge in [-0.1, -0.05) is 32.4 Å². The zero-order chi connectivity index (χ0) is 28.1. The Bertz CT molecular complexity index is 894. The molecule has 6 unspecified atom stereocenters. The molecule has 0 heterocycles. The Balaban J connectivity index is 3.01. The second kappa shape index (κ2) is 15.8. The van der Waals surface area contributed by atoms with Crippen LogP contribution in [-0.4, -0.2) is 75.8 Å². The zero-order valence-corrected chi connectivity index (χ0v) is 21.6. The quantitative estimate of drug-likeness (QED) is 0.129. The van der Waals surface area contributed by atoms with Gasteiger partial charge in [-0.15, -0.1) is 0 Å². The van der Waals surface area contributed by atoms with E-state index < -0.39 is 54.0 Å². The van der Waals surface area contributed by atoms with E-state index in [2.05, 4.69) is 16.0 Å². The van der Waals surface area contributed by atoms with E-state index in [4.69, 9.17) is 11.5 Å². The molecule has 0 fully saturated rings. The number of unbranched alkanes of at least 4 members (excludes halogenated alkanes) is 1. The summed E-state index contributed by atoms with van der Waals surface area (Å²) in [5.41, 5.74) is 12.0. The van der Waals surface area contributed by atoms with Gasteiger partial charge in [0.2, 0.25) is 17.7 Å². The first-order valence-electron chi connectivity index (χ1n) is 12.5. The number of nitrogens with two attached hydrogens (primary N) is 2. The van der Waals surface area contributed by atoms with Crippen molar-refractivity contribution in [1.29, 1.82) is 0 Å². The lowest BCUT2D eigenvalue weighted by Gasteiger charge is -2.27. The number of carboxylic acids is 1.